The molecule has 3 heterocycles. The van der Waals surface area contributed by atoms with Gasteiger partial charge >= 0.3 is 6.36 Å². The summed E-state index contributed by atoms with van der Waals surface area (Å²) in [5.74, 6) is 1.16. The van der Waals surface area contributed by atoms with Crippen molar-refractivity contribution in [2.24, 2.45) is 0 Å². The van der Waals surface area contributed by atoms with Crippen molar-refractivity contribution in [1.82, 2.24) is 25.0 Å². The van der Waals surface area contributed by atoms with E-state index in [4.69, 9.17) is 9.26 Å². The highest BCUT2D eigenvalue weighted by Crippen LogP contribution is 2.34. The minimum absolute atomic E-state index is 0.216. The van der Waals surface area contributed by atoms with E-state index in [1.165, 1.54) is 24.3 Å². The summed E-state index contributed by atoms with van der Waals surface area (Å²) in [7, 11) is 1.62. The van der Waals surface area contributed by atoms with Crippen LogP contribution in [0.5, 0.6) is 11.5 Å². The number of aromatic nitrogens is 4. The highest BCUT2D eigenvalue weighted by atomic mass is 19.4. The minimum atomic E-state index is -4.75. The van der Waals surface area contributed by atoms with Gasteiger partial charge in [-0.3, -0.25) is 4.90 Å². The van der Waals surface area contributed by atoms with Gasteiger partial charge in [0, 0.05) is 25.1 Å². The van der Waals surface area contributed by atoms with Crippen LogP contribution in [0.4, 0.5) is 13.2 Å². The predicted molar refractivity (Wildman–Crippen MR) is 114 cm³/mol. The summed E-state index contributed by atoms with van der Waals surface area (Å²) >= 11 is 0. The molecule has 176 valence electrons. The lowest BCUT2D eigenvalue weighted by Crippen LogP contribution is -2.34. The smallest absolute Gasteiger partial charge is 0.497 e. The molecule has 1 atom stereocenters. The molecule has 0 bridgehead atoms. The standard InChI is InChI=1S/C23H20F3N5O3/c1-32-16-6-2-14(3-7-16)11-31-12-19-18(27-13-28-19)10-20(31)22-29-21(30-34-22)15-4-8-17(9-5-15)33-23(24,25)26/h2-9,13,20H,10-12H2,1H3,(H,27,28)/t20-/m0/s1. The van der Waals surface area contributed by atoms with E-state index in [2.05, 4.69) is 29.7 Å². The fourth-order valence-corrected chi connectivity index (χ4v) is 3.96. The molecule has 0 spiro atoms. The molecule has 11 heteroatoms. The van der Waals surface area contributed by atoms with Gasteiger partial charge in [0.2, 0.25) is 11.7 Å². The molecular formula is C23H20F3N5O3. The number of alkyl halides is 3. The molecule has 0 unspecified atom stereocenters. The number of methoxy groups -OCH3 is 1. The summed E-state index contributed by atoms with van der Waals surface area (Å²) in [6.07, 6.45) is -2.50. The number of halogens is 3. The van der Waals surface area contributed by atoms with Crippen molar-refractivity contribution in [1.29, 1.82) is 0 Å². The molecule has 5 rings (SSSR count). The molecule has 0 saturated carbocycles. The zero-order chi connectivity index (χ0) is 23.7. The summed E-state index contributed by atoms with van der Waals surface area (Å²) in [6.45, 7) is 1.25. The second kappa shape index (κ2) is 8.82. The molecule has 1 aliphatic rings. The highest BCUT2D eigenvalue weighted by molar-refractivity contribution is 5.55. The molecule has 0 saturated heterocycles. The van der Waals surface area contributed by atoms with Crippen LogP contribution in [0.3, 0.4) is 0 Å². The predicted octanol–water partition coefficient (Wildman–Crippen LogP) is 4.67. The first kappa shape index (κ1) is 22.0. The quantitative estimate of drug-likeness (QED) is 0.437. The Labute approximate surface area is 192 Å². The van der Waals surface area contributed by atoms with Gasteiger partial charge in [0.1, 0.15) is 11.5 Å². The van der Waals surface area contributed by atoms with Gasteiger partial charge in [-0.25, -0.2) is 4.98 Å². The summed E-state index contributed by atoms with van der Waals surface area (Å²) in [5, 5.41) is 4.05. The minimum Gasteiger partial charge on any atom is -0.497 e. The number of benzene rings is 2. The molecular weight excluding hydrogens is 451 g/mol. The maximum Gasteiger partial charge on any atom is 0.573 e. The number of rotatable bonds is 6. The average Bonchev–Trinajstić information content (AvgIpc) is 3.48. The van der Waals surface area contributed by atoms with Gasteiger partial charge in [0.15, 0.2) is 0 Å². The third-order valence-electron chi connectivity index (χ3n) is 5.61. The van der Waals surface area contributed by atoms with Gasteiger partial charge in [-0.05, 0) is 42.0 Å². The first-order valence-corrected chi connectivity index (χ1v) is 10.5. The molecule has 34 heavy (non-hydrogen) atoms. The molecule has 0 fully saturated rings. The third-order valence-corrected chi connectivity index (χ3v) is 5.61. The molecule has 0 aliphatic carbocycles. The fourth-order valence-electron chi connectivity index (χ4n) is 3.96. The van der Waals surface area contributed by atoms with E-state index in [-0.39, 0.29) is 17.6 Å². The monoisotopic (exact) mass is 471 g/mol. The Balaban J connectivity index is 1.38. The zero-order valence-electron chi connectivity index (χ0n) is 18.0. The number of fused-ring (bicyclic) bond motifs is 1. The SMILES string of the molecule is COc1ccc(CN2Cc3[nH]cnc3C[C@H]2c2nc(-c3ccc(OC(F)(F)F)cc3)no2)cc1. The molecule has 0 radical (unpaired) electrons. The summed E-state index contributed by atoms with van der Waals surface area (Å²) in [5.41, 5.74) is 3.57. The van der Waals surface area contributed by atoms with Crippen molar-refractivity contribution in [3.05, 3.63) is 77.7 Å². The summed E-state index contributed by atoms with van der Waals surface area (Å²) in [6, 6.07) is 12.9. The maximum absolute atomic E-state index is 12.4. The fraction of sp³-hybridized carbons (Fsp3) is 0.261. The molecule has 2 aromatic carbocycles. The zero-order valence-corrected chi connectivity index (χ0v) is 18.0. The van der Waals surface area contributed by atoms with Crippen LogP contribution in [-0.4, -0.2) is 38.5 Å². The van der Waals surface area contributed by atoms with E-state index < -0.39 is 6.36 Å². The Morgan fingerprint density at radius 1 is 1.09 bits per heavy atom. The van der Waals surface area contributed by atoms with Crippen molar-refractivity contribution < 1.29 is 27.2 Å². The Morgan fingerprint density at radius 2 is 1.82 bits per heavy atom. The highest BCUT2D eigenvalue weighted by Gasteiger charge is 2.33. The maximum atomic E-state index is 12.4. The number of hydrogen-bond donors (Lipinski definition) is 1. The Bertz CT molecular complexity index is 1250. The van der Waals surface area contributed by atoms with Crippen molar-refractivity contribution in [3.8, 4) is 22.9 Å². The normalized spacial score (nSPS) is 16.3. The Hall–Kier alpha value is -3.86. The lowest BCUT2D eigenvalue weighted by molar-refractivity contribution is -0.274. The van der Waals surface area contributed by atoms with Crippen LogP contribution in [-0.2, 0) is 19.5 Å². The van der Waals surface area contributed by atoms with E-state index >= 15 is 0 Å². The molecule has 1 aliphatic heterocycles. The van der Waals surface area contributed by atoms with E-state index in [1.54, 1.807) is 13.4 Å². The third kappa shape index (κ3) is 4.74. The van der Waals surface area contributed by atoms with E-state index in [1.807, 2.05) is 24.3 Å². The number of ether oxygens (including phenoxy) is 2. The van der Waals surface area contributed by atoms with Gasteiger partial charge in [0.05, 0.1) is 30.9 Å². The van der Waals surface area contributed by atoms with Crippen LogP contribution < -0.4 is 9.47 Å². The van der Waals surface area contributed by atoms with Crippen molar-refractivity contribution in [3.63, 3.8) is 0 Å². The van der Waals surface area contributed by atoms with Crippen molar-refractivity contribution in [2.75, 3.05) is 7.11 Å². The van der Waals surface area contributed by atoms with Gasteiger partial charge in [-0.15, -0.1) is 13.2 Å². The van der Waals surface area contributed by atoms with Crippen LogP contribution in [0, 0.1) is 0 Å². The topological polar surface area (TPSA) is 89.3 Å². The van der Waals surface area contributed by atoms with Crippen molar-refractivity contribution >= 4 is 0 Å². The molecule has 2 aromatic heterocycles. The Morgan fingerprint density at radius 3 is 2.53 bits per heavy atom. The van der Waals surface area contributed by atoms with Crippen LogP contribution >= 0.6 is 0 Å². The second-order valence-electron chi connectivity index (χ2n) is 7.83. The number of nitrogens with zero attached hydrogens (tertiary/aromatic N) is 4. The number of H-pyrrole nitrogens is 1. The lowest BCUT2D eigenvalue weighted by Gasteiger charge is -2.32. The van der Waals surface area contributed by atoms with E-state index in [0.29, 0.717) is 31.0 Å². The van der Waals surface area contributed by atoms with Crippen molar-refractivity contribution in [2.45, 2.75) is 31.9 Å². The first-order chi connectivity index (χ1) is 16.4. The molecule has 4 aromatic rings. The molecule has 1 N–H and O–H groups in total. The van der Waals surface area contributed by atoms with Crippen LogP contribution in [0.15, 0.2) is 59.4 Å². The van der Waals surface area contributed by atoms with Gasteiger partial charge < -0.3 is 19.0 Å². The summed E-state index contributed by atoms with van der Waals surface area (Å²) < 4.78 is 52.0. The van der Waals surface area contributed by atoms with Gasteiger partial charge in [-0.1, -0.05) is 17.3 Å². The van der Waals surface area contributed by atoms with Crippen LogP contribution in [0.2, 0.25) is 0 Å². The molecule has 8 nitrogen and oxygen atoms in total. The number of nitrogens with one attached hydrogen (secondary N) is 1. The lowest BCUT2D eigenvalue weighted by atomic mass is 10.0. The van der Waals surface area contributed by atoms with E-state index in [0.717, 1.165) is 22.7 Å². The largest absolute Gasteiger partial charge is 0.573 e. The van der Waals surface area contributed by atoms with Crippen LogP contribution in [0.1, 0.15) is 28.9 Å². The molecule has 0 amide bonds. The first-order valence-electron chi connectivity index (χ1n) is 10.5. The van der Waals surface area contributed by atoms with Gasteiger partial charge in [0.25, 0.3) is 0 Å². The Kier molecular flexibility index (Phi) is 5.70. The van der Waals surface area contributed by atoms with Gasteiger partial charge in [-0.2, -0.15) is 4.98 Å². The average molecular weight is 471 g/mol. The van der Waals surface area contributed by atoms with E-state index in [9.17, 15) is 13.2 Å². The summed E-state index contributed by atoms with van der Waals surface area (Å²) in [4.78, 5) is 14.3. The second-order valence-corrected chi connectivity index (χ2v) is 7.83. The number of hydrogen-bond acceptors (Lipinski definition) is 7. The number of aromatic amines is 1. The van der Waals surface area contributed by atoms with Crippen LogP contribution in [0.25, 0.3) is 11.4 Å². The number of imidazole rings is 1.